The van der Waals surface area contributed by atoms with Crippen molar-refractivity contribution in [3.63, 3.8) is 0 Å². The van der Waals surface area contributed by atoms with Crippen molar-refractivity contribution < 1.29 is 31.1 Å². The van der Waals surface area contributed by atoms with Crippen molar-refractivity contribution in [2.75, 3.05) is 19.3 Å². The number of rotatable bonds is 6. The van der Waals surface area contributed by atoms with Gasteiger partial charge < -0.3 is 4.74 Å². The van der Waals surface area contributed by atoms with Gasteiger partial charge in [-0.25, -0.2) is 12.7 Å². The van der Waals surface area contributed by atoms with Crippen molar-refractivity contribution in [2.45, 2.75) is 18.7 Å². The molecule has 0 bridgehead atoms. The van der Waals surface area contributed by atoms with Crippen LogP contribution in [0.1, 0.15) is 26.8 Å². The van der Waals surface area contributed by atoms with E-state index in [0.717, 1.165) is 15.2 Å². The molecule has 0 aliphatic carbocycles. The summed E-state index contributed by atoms with van der Waals surface area (Å²) in [5.74, 6) is -4.14. The van der Waals surface area contributed by atoms with E-state index in [-0.39, 0.29) is 28.8 Å². The largest absolute Gasteiger partial charge is 0.472 e. The molecule has 35 heavy (non-hydrogen) atoms. The van der Waals surface area contributed by atoms with Gasteiger partial charge in [0.25, 0.3) is 5.91 Å². The number of carbonyl (C=O) groups is 1. The summed E-state index contributed by atoms with van der Waals surface area (Å²) in [5.41, 5.74) is -0.0394. The van der Waals surface area contributed by atoms with Gasteiger partial charge in [0, 0.05) is 30.0 Å². The zero-order chi connectivity index (χ0) is 25.5. The third kappa shape index (κ3) is 5.67. The highest BCUT2D eigenvalue weighted by Crippen LogP contribution is 2.44. The second-order valence-electron chi connectivity index (χ2n) is 7.93. The molecule has 3 aromatic rings. The molecule has 0 spiro atoms. The van der Waals surface area contributed by atoms with Crippen molar-refractivity contribution in [1.29, 1.82) is 0 Å². The fourth-order valence-corrected chi connectivity index (χ4v) is 5.88. The number of halogens is 5. The molecule has 0 amide bonds. The molecular weight excluding hydrogens is 550 g/mol. The summed E-state index contributed by atoms with van der Waals surface area (Å²) in [6, 6.07) is 10.8. The lowest BCUT2D eigenvalue weighted by molar-refractivity contribution is -0.173. The molecule has 7 nitrogen and oxygen atoms in total. The van der Waals surface area contributed by atoms with Gasteiger partial charge in [0.05, 0.1) is 32.8 Å². The molecule has 3 heterocycles. The minimum atomic E-state index is -4.69. The second-order valence-corrected chi connectivity index (χ2v) is 12.1. The maximum absolute atomic E-state index is 13.8. The first kappa shape index (κ1) is 26.0. The summed E-state index contributed by atoms with van der Waals surface area (Å²) in [5, 5.41) is 4.27. The van der Waals surface area contributed by atoms with E-state index in [2.05, 4.69) is 5.10 Å². The Hall–Kier alpha value is -2.12. The quantitative estimate of drug-likeness (QED) is 0.416. The third-order valence-corrected chi connectivity index (χ3v) is 8.31. The molecule has 1 aliphatic rings. The van der Waals surface area contributed by atoms with Crippen molar-refractivity contribution in [3.05, 3.63) is 68.0 Å². The first-order valence-electron chi connectivity index (χ1n) is 10.1. The molecule has 188 valence electrons. The molecule has 1 fully saturated rings. The molecule has 1 aliphatic heterocycles. The van der Waals surface area contributed by atoms with Crippen LogP contribution in [0.2, 0.25) is 9.36 Å². The molecule has 2 atom stereocenters. The lowest BCUT2D eigenvalue weighted by Crippen LogP contribution is -2.31. The van der Waals surface area contributed by atoms with Crippen LogP contribution in [0, 0.1) is 5.92 Å². The van der Waals surface area contributed by atoms with Crippen LogP contribution in [-0.2, 0) is 16.6 Å². The van der Waals surface area contributed by atoms with Crippen LogP contribution in [0.15, 0.2) is 42.5 Å². The number of carbonyl (C=O) groups excluding carboxylic acids is 1. The topological polar surface area (TPSA) is 81.5 Å². The van der Waals surface area contributed by atoms with Crippen LogP contribution in [0.3, 0.4) is 0 Å². The Morgan fingerprint density at radius 3 is 2.51 bits per heavy atom. The van der Waals surface area contributed by atoms with Crippen LogP contribution in [0.25, 0.3) is 0 Å². The number of hydrogen-bond acceptors (Lipinski definition) is 6. The molecule has 2 unspecified atom stereocenters. The summed E-state index contributed by atoms with van der Waals surface area (Å²) < 4.78 is 73.3. The first-order chi connectivity index (χ1) is 16.3. The van der Waals surface area contributed by atoms with Gasteiger partial charge in [-0.1, -0.05) is 35.3 Å². The van der Waals surface area contributed by atoms with Gasteiger partial charge in [0.2, 0.25) is 15.9 Å². The molecule has 2 aromatic heterocycles. The number of sulfonamides is 1. The Morgan fingerprint density at radius 1 is 1.20 bits per heavy atom. The van der Waals surface area contributed by atoms with E-state index >= 15 is 0 Å². The fourth-order valence-electron chi connectivity index (χ4n) is 3.80. The van der Waals surface area contributed by atoms with E-state index in [1.54, 1.807) is 24.3 Å². The number of benzene rings is 1. The Bertz CT molecular complexity index is 1360. The molecule has 14 heteroatoms. The number of nitrogens with zero attached hydrogens (tertiary/aromatic N) is 3. The zero-order valence-electron chi connectivity index (χ0n) is 18.0. The average molecular weight is 568 g/mol. The summed E-state index contributed by atoms with van der Waals surface area (Å²) in [7, 11) is -3.88. The Morgan fingerprint density at radius 2 is 1.91 bits per heavy atom. The lowest BCUT2D eigenvalue weighted by atomic mass is 9.92. The van der Waals surface area contributed by atoms with Crippen molar-refractivity contribution >= 4 is 50.5 Å². The molecule has 1 saturated heterocycles. The predicted octanol–water partition coefficient (Wildman–Crippen LogP) is 5.06. The summed E-state index contributed by atoms with van der Waals surface area (Å²) >= 11 is 13.3. The van der Waals surface area contributed by atoms with Gasteiger partial charge in [-0.2, -0.15) is 23.0 Å². The van der Waals surface area contributed by atoms with Gasteiger partial charge in [-0.15, -0.1) is 11.3 Å². The Labute approximate surface area is 213 Å². The highest BCUT2D eigenvalue weighted by Gasteiger charge is 2.53. The molecule has 0 N–H and O–H groups in total. The van der Waals surface area contributed by atoms with Crippen LogP contribution < -0.4 is 4.74 Å². The Kier molecular flexibility index (Phi) is 7.22. The molecule has 0 saturated carbocycles. The number of thiophene rings is 1. The number of alkyl halides is 3. The average Bonchev–Trinajstić information content (AvgIpc) is 3.49. The third-order valence-electron chi connectivity index (χ3n) is 5.54. The fraction of sp³-hybridized carbons (Fsp3) is 0.333. The SMILES string of the molecule is CS(=O)(=O)N1CC(c2cc(OCc3ccc(Cl)s3)n(C(=O)c3ccccc3Cl)n2)C(C(F)(F)F)C1. The monoisotopic (exact) mass is 567 g/mol. The lowest BCUT2D eigenvalue weighted by Gasteiger charge is -2.19. The van der Waals surface area contributed by atoms with Crippen molar-refractivity contribution in [3.8, 4) is 5.88 Å². The number of aromatic nitrogens is 2. The number of ether oxygens (including phenoxy) is 1. The van der Waals surface area contributed by atoms with Crippen molar-refractivity contribution in [1.82, 2.24) is 14.1 Å². The van der Waals surface area contributed by atoms with E-state index in [1.165, 1.54) is 29.5 Å². The predicted molar refractivity (Wildman–Crippen MR) is 126 cm³/mol. The van der Waals surface area contributed by atoms with Gasteiger partial charge in [-0.05, 0) is 24.3 Å². The second kappa shape index (κ2) is 9.74. The van der Waals surface area contributed by atoms with E-state index in [1.807, 2.05) is 0 Å². The van der Waals surface area contributed by atoms with E-state index in [0.29, 0.717) is 9.21 Å². The molecule has 4 rings (SSSR count). The first-order valence-corrected chi connectivity index (χ1v) is 13.5. The highest BCUT2D eigenvalue weighted by atomic mass is 35.5. The van der Waals surface area contributed by atoms with Gasteiger partial charge in [0.1, 0.15) is 6.61 Å². The van der Waals surface area contributed by atoms with Crippen molar-refractivity contribution in [2.24, 2.45) is 5.92 Å². The smallest absolute Gasteiger partial charge is 0.393 e. The van der Waals surface area contributed by atoms with E-state index in [4.69, 9.17) is 27.9 Å². The standard InChI is InChI=1S/C21H18Cl2F3N3O4S2/c1-35(31,32)28-9-14(15(10-28)21(24,25)26)17-8-19(33-11-12-6-7-18(23)34-12)29(27-17)20(30)13-4-2-3-5-16(13)22/h2-8,14-15H,9-11H2,1H3. The highest BCUT2D eigenvalue weighted by molar-refractivity contribution is 7.88. The Balaban J connectivity index is 1.74. The minimum Gasteiger partial charge on any atom is -0.472 e. The molecular formula is C21H18Cl2F3N3O4S2. The van der Waals surface area contributed by atoms with Crippen LogP contribution >= 0.6 is 34.5 Å². The van der Waals surface area contributed by atoms with E-state index < -0.39 is 47.0 Å². The van der Waals surface area contributed by atoms with Gasteiger partial charge in [-0.3, -0.25) is 4.79 Å². The summed E-state index contributed by atoms with van der Waals surface area (Å²) in [6.07, 6.45) is -3.83. The summed E-state index contributed by atoms with van der Waals surface area (Å²) in [4.78, 5) is 13.9. The van der Waals surface area contributed by atoms with Gasteiger partial charge in [0.15, 0.2) is 0 Å². The van der Waals surface area contributed by atoms with Gasteiger partial charge >= 0.3 is 6.18 Å². The van der Waals surface area contributed by atoms with E-state index in [9.17, 15) is 26.4 Å². The summed E-state index contributed by atoms with van der Waals surface area (Å²) in [6.45, 7) is -1.18. The minimum absolute atomic E-state index is 0.0127. The van der Waals surface area contributed by atoms with Crippen LogP contribution in [-0.4, -0.2) is 53.9 Å². The normalized spacial score (nSPS) is 19.3. The molecule has 0 radical (unpaired) electrons. The maximum Gasteiger partial charge on any atom is 0.393 e. The molecule has 1 aromatic carbocycles. The maximum atomic E-state index is 13.8. The van der Waals surface area contributed by atoms with Crippen LogP contribution in [0.4, 0.5) is 13.2 Å². The number of hydrogen-bond donors (Lipinski definition) is 0. The zero-order valence-corrected chi connectivity index (χ0v) is 21.1. The van der Waals surface area contributed by atoms with Crippen LogP contribution in [0.5, 0.6) is 5.88 Å².